The molecule has 6 nitrogen and oxygen atoms in total. The summed E-state index contributed by atoms with van der Waals surface area (Å²) >= 11 is 0. The van der Waals surface area contributed by atoms with Gasteiger partial charge in [0.2, 0.25) is 0 Å². The summed E-state index contributed by atoms with van der Waals surface area (Å²) in [6, 6.07) is 6.56. The van der Waals surface area contributed by atoms with E-state index < -0.39 is 11.8 Å². The van der Waals surface area contributed by atoms with E-state index in [1.165, 1.54) is 25.7 Å². The minimum absolute atomic E-state index is 0.299. The van der Waals surface area contributed by atoms with Crippen molar-refractivity contribution in [3.05, 3.63) is 42.5 Å². The van der Waals surface area contributed by atoms with Crippen LogP contribution in [0.15, 0.2) is 36.9 Å². The Morgan fingerprint density at radius 3 is 2.30 bits per heavy atom. The Kier molecular flexibility index (Phi) is 11.3. The lowest BCUT2D eigenvalue weighted by atomic mass is 10.1. The van der Waals surface area contributed by atoms with Gasteiger partial charge >= 0.3 is 11.8 Å². The fourth-order valence-electron chi connectivity index (χ4n) is 2.59. The molecule has 1 aromatic rings. The highest BCUT2D eigenvalue weighted by Crippen LogP contribution is 2.14. The van der Waals surface area contributed by atoms with Gasteiger partial charge in [0.1, 0.15) is 0 Å². The van der Waals surface area contributed by atoms with Crippen LogP contribution in [-0.4, -0.2) is 30.8 Å². The molecular weight excluding hydrogens is 342 g/mol. The molecule has 6 heteroatoms. The molecule has 0 heterocycles. The second-order valence-electron chi connectivity index (χ2n) is 6.38. The number of hydrogen-bond donors (Lipinski definition) is 3. The van der Waals surface area contributed by atoms with Crippen LogP contribution in [0.1, 0.15) is 62.2 Å². The molecule has 0 saturated carbocycles. The maximum Gasteiger partial charge on any atom is 0.313 e. The zero-order valence-corrected chi connectivity index (χ0v) is 16.2. The summed E-state index contributed by atoms with van der Waals surface area (Å²) in [5.41, 5.74) is 0.600. The Bertz CT molecular complexity index is 629. The van der Waals surface area contributed by atoms with E-state index >= 15 is 0 Å². The van der Waals surface area contributed by atoms with Crippen LogP contribution in [0.2, 0.25) is 0 Å². The van der Waals surface area contributed by atoms with Gasteiger partial charge in [-0.25, -0.2) is 0 Å². The molecule has 27 heavy (non-hydrogen) atoms. The predicted octanol–water partition coefficient (Wildman–Crippen LogP) is 3.41. The van der Waals surface area contributed by atoms with E-state index in [-0.39, 0.29) is 5.91 Å². The standard InChI is InChI=1S/C21H31N3O3/c1-3-5-6-7-8-9-12-16-23-20(26)21(27)24-18-14-11-10-13-17(18)19(25)22-15-4-2/h4,10-11,13-14H,2-3,5-9,12,15-16H2,1H3,(H,22,25)(H,23,26)(H,24,27). The van der Waals surface area contributed by atoms with Crippen molar-refractivity contribution in [1.82, 2.24) is 10.6 Å². The quantitative estimate of drug-likeness (QED) is 0.298. The molecule has 1 rings (SSSR count). The summed E-state index contributed by atoms with van der Waals surface area (Å²) in [5, 5.41) is 7.78. The number of nitrogens with one attached hydrogen (secondary N) is 3. The number of carbonyl (C=O) groups is 3. The van der Waals surface area contributed by atoms with Crippen LogP contribution in [0.25, 0.3) is 0 Å². The minimum atomic E-state index is -0.776. The highest BCUT2D eigenvalue weighted by Gasteiger charge is 2.17. The maximum absolute atomic E-state index is 12.1. The van der Waals surface area contributed by atoms with Gasteiger partial charge < -0.3 is 16.0 Å². The zero-order chi connectivity index (χ0) is 19.9. The molecule has 0 radical (unpaired) electrons. The molecule has 0 atom stereocenters. The van der Waals surface area contributed by atoms with Gasteiger partial charge in [-0.05, 0) is 18.6 Å². The monoisotopic (exact) mass is 373 g/mol. The summed E-state index contributed by atoms with van der Waals surface area (Å²) in [6.07, 6.45) is 9.57. The summed E-state index contributed by atoms with van der Waals surface area (Å²) in [4.78, 5) is 36.1. The van der Waals surface area contributed by atoms with Gasteiger partial charge in [0.25, 0.3) is 5.91 Å². The molecular formula is C21H31N3O3. The van der Waals surface area contributed by atoms with Crippen LogP contribution in [0.4, 0.5) is 5.69 Å². The van der Waals surface area contributed by atoms with E-state index in [4.69, 9.17) is 0 Å². The first-order valence-corrected chi connectivity index (χ1v) is 9.67. The first-order valence-electron chi connectivity index (χ1n) is 9.67. The summed E-state index contributed by atoms with van der Waals surface area (Å²) in [7, 11) is 0. The third kappa shape index (κ3) is 9.03. The van der Waals surface area contributed by atoms with Crippen molar-refractivity contribution in [2.24, 2.45) is 0 Å². The molecule has 3 amide bonds. The average Bonchev–Trinajstić information content (AvgIpc) is 2.68. The lowest BCUT2D eigenvalue weighted by Crippen LogP contribution is -2.36. The third-order valence-electron chi connectivity index (χ3n) is 4.10. The molecule has 0 fully saturated rings. The number of hydrogen-bond acceptors (Lipinski definition) is 3. The summed E-state index contributed by atoms with van der Waals surface area (Å²) in [6.45, 7) is 6.52. The highest BCUT2D eigenvalue weighted by molar-refractivity contribution is 6.40. The average molecular weight is 373 g/mol. The van der Waals surface area contributed by atoms with Crippen LogP contribution in [0.5, 0.6) is 0 Å². The first kappa shape index (κ1) is 22.4. The van der Waals surface area contributed by atoms with E-state index in [0.29, 0.717) is 24.3 Å². The maximum atomic E-state index is 12.1. The molecule has 3 N–H and O–H groups in total. The van der Waals surface area contributed by atoms with Gasteiger partial charge in [0.05, 0.1) is 11.3 Å². The number of rotatable bonds is 12. The predicted molar refractivity (Wildman–Crippen MR) is 109 cm³/mol. The van der Waals surface area contributed by atoms with Gasteiger partial charge in [-0.2, -0.15) is 0 Å². The van der Waals surface area contributed by atoms with Crippen molar-refractivity contribution in [2.45, 2.75) is 51.9 Å². The molecule has 0 saturated heterocycles. The Labute approximate surface area is 161 Å². The number of benzene rings is 1. The Morgan fingerprint density at radius 2 is 1.59 bits per heavy atom. The van der Waals surface area contributed by atoms with Crippen LogP contribution in [-0.2, 0) is 9.59 Å². The van der Waals surface area contributed by atoms with E-state index in [1.54, 1.807) is 30.3 Å². The molecule has 0 aliphatic heterocycles. The van der Waals surface area contributed by atoms with E-state index in [9.17, 15) is 14.4 Å². The van der Waals surface area contributed by atoms with Crippen LogP contribution in [0.3, 0.4) is 0 Å². The lowest BCUT2D eigenvalue weighted by Gasteiger charge is -2.11. The largest absolute Gasteiger partial charge is 0.349 e. The van der Waals surface area contributed by atoms with Gasteiger partial charge in [-0.1, -0.05) is 63.7 Å². The number of amides is 3. The van der Waals surface area contributed by atoms with Gasteiger partial charge in [0.15, 0.2) is 0 Å². The smallest absolute Gasteiger partial charge is 0.313 e. The minimum Gasteiger partial charge on any atom is -0.349 e. The van der Waals surface area contributed by atoms with E-state index in [1.807, 2.05) is 0 Å². The van der Waals surface area contributed by atoms with Crippen molar-refractivity contribution in [3.63, 3.8) is 0 Å². The Balaban J connectivity index is 2.39. The Morgan fingerprint density at radius 1 is 0.926 bits per heavy atom. The van der Waals surface area contributed by atoms with Gasteiger partial charge in [0, 0.05) is 13.1 Å². The molecule has 0 spiro atoms. The van der Waals surface area contributed by atoms with Crippen LogP contribution >= 0.6 is 0 Å². The van der Waals surface area contributed by atoms with E-state index in [0.717, 1.165) is 19.3 Å². The lowest BCUT2D eigenvalue weighted by molar-refractivity contribution is -0.136. The second-order valence-corrected chi connectivity index (χ2v) is 6.38. The fourth-order valence-corrected chi connectivity index (χ4v) is 2.59. The number of carbonyl (C=O) groups excluding carboxylic acids is 3. The normalized spacial score (nSPS) is 10.1. The molecule has 0 aliphatic carbocycles. The zero-order valence-electron chi connectivity index (χ0n) is 16.2. The van der Waals surface area contributed by atoms with Crippen molar-refractivity contribution < 1.29 is 14.4 Å². The Hall–Kier alpha value is -2.63. The fraction of sp³-hybridized carbons (Fsp3) is 0.476. The third-order valence-corrected chi connectivity index (χ3v) is 4.10. The first-order chi connectivity index (χ1) is 13.1. The van der Waals surface area contributed by atoms with Crippen LogP contribution in [0, 0.1) is 0 Å². The molecule has 148 valence electrons. The van der Waals surface area contributed by atoms with E-state index in [2.05, 4.69) is 29.5 Å². The number of unbranched alkanes of at least 4 members (excludes halogenated alkanes) is 6. The van der Waals surface area contributed by atoms with Gasteiger partial charge in [-0.15, -0.1) is 6.58 Å². The van der Waals surface area contributed by atoms with Crippen molar-refractivity contribution >= 4 is 23.4 Å². The highest BCUT2D eigenvalue weighted by atomic mass is 16.2. The number of anilines is 1. The molecule has 0 bridgehead atoms. The van der Waals surface area contributed by atoms with Gasteiger partial charge in [-0.3, -0.25) is 14.4 Å². The molecule has 0 aromatic heterocycles. The van der Waals surface area contributed by atoms with Crippen molar-refractivity contribution in [2.75, 3.05) is 18.4 Å². The van der Waals surface area contributed by atoms with Crippen molar-refractivity contribution in [3.8, 4) is 0 Å². The second kappa shape index (κ2) is 13.6. The topological polar surface area (TPSA) is 87.3 Å². The number of para-hydroxylation sites is 1. The summed E-state index contributed by atoms with van der Waals surface area (Å²) in [5.74, 6) is -1.81. The SMILES string of the molecule is C=CCNC(=O)c1ccccc1NC(=O)C(=O)NCCCCCCCCC. The van der Waals surface area contributed by atoms with Crippen LogP contribution < -0.4 is 16.0 Å². The molecule has 0 aliphatic rings. The van der Waals surface area contributed by atoms with Crippen molar-refractivity contribution in [1.29, 1.82) is 0 Å². The molecule has 0 unspecified atom stereocenters. The molecule has 1 aromatic carbocycles. The summed E-state index contributed by atoms with van der Waals surface area (Å²) < 4.78 is 0.